The standard InChI is InChI=1S/C20H27F3O3/c1-13(2)16-11-10-14(3)12-17(16)26-18(24)19(25-4,20(21,22)23)15-8-6-5-7-9-15/h5-9,13-14,16-17H,10-12H2,1-4H3/t14-,16+,17-,19+/m0/s1. The van der Waals surface area contributed by atoms with Crippen LogP contribution in [0.25, 0.3) is 0 Å². The van der Waals surface area contributed by atoms with E-state index in [1.54, 1.807) is 6.07 Å². The largest absolute Gasteiger partial charge is 0.459 e. The fourth-order valence-electron chi connectivity index (χ4n) is 3.86. The van der Waals surface area contributed by atoms with Gasteiger partial charge in [0.1, 0.15) is 6.10 Å². The van der Waals surface area contributed by atoms with Gasteiger partial charge < -0.3 is 9.47 Å². The lowest BCUT2D eigenvalue weighted by atomic mass is 9.75. The van der Waals surface area contributed by atoms with E-state index in [1.165, 1.54) is 24.3 Å². The van der Waals surface area contributed by atoms with Gasteiger partial charge in [-0.15, -0.1) is 0 Å². The first-order valence-electron chi connectivity index (χ1n) is 9.02. The molecule has 0 N–H and O–H groups in total. The molecule has 0 saturated heterocycles. The minimum atomic E-state index is -4.94. The highest BCUT2D eigenvalue weighted by Crippen LogP contribution is 2.44. The molecular weight excluding hydrogens is 345 g/mol. The molecule has 1 aliphatic rings. The number of hydrogen-bond donors (Lipinski definition) is 0. The molecule has 1 aromatic carbocycles. The summed E-state index contributed by atoms with van der Waals surface area (Å²) in [6.07, 6.45) is -3.07. The summed E-state index contributed by atoms with van der Waals surface area (Å²) in [6, 6.07) is 6.95. The number of esters is 1. The van der Waals surface area contributed by atoms with Crippen LogP contribution in [0.1, 0.15) is 45.6 Å². The maximum Gasteiger partial charge on any atom is 0.432 e. The Kier molecular flexibility index (Phi) is 6.37. The first-order valence-corrected chi connectivity index (χ1v) is 9.02. The van der Waals surface area contributed by atoms with Crippen LogP contribution in [-0.2, 0) is 19.9 Å². The SMILES string of the molecule is CO[C@@](C(=O)O[C@H]1C[C@@H](C)CC[C@@H]1C(C)C)(c1ccccc1)C(F)(F)F. The number of benzene rings is 1. The highest BCUT2D eigenvalue weighted by molar-refractivity contribution is 5.82. The van der Waals surface area contributed by atoms with Crippen molar-refractivity contribution in [3.8, 4) is 0 Å². The van der Waals surface area contributed by atoms with E-state index in [1.807, 2.05) is 20.8 Å². The summed E-state index contributed by atoms with van der Waals surface area (Å²) < 4.78 is 52.2. The molecule has 0 aliphatic heterocycles. The summed E-state index contributed by atoms with van der Waals surface area (Å²) >= 11 is 0. The van der Waals surface area contributed by atoms with E-state index in [0.29, 0.717) is 12.3 Å². The summed E-state index contributed by atoms with van der Waals surface area (Å²) in [7, 11) is 0.894. The fourth-order valence-corrected chi connectivity index (χ4v) is 3.86. The highest BCUT2D eigenvalue weighted by atomic mass is 19.4. The minimum absolute atomic E-state index is 0.0497. The Morgan fingerprint density at radius 1 is 1.15 bits per heavy atom. The maximum atomic E-state index is 14.0. The van der Waals surface area contributed by atoms with Gasteiger partial charge in [0.25, 0.3) is 5.60 Å². The Morgan fingerprint density at radius 2 is 1.77 bits per heavy atom. The zero-order chi connectivity index (χ0) is 19.5. The van der Waals surface area contributed by atoms with Gasteiger partial charge in [-0.3, -0.25) is 0 Å². The van der Waals surface area contributed by atoms with Crippen LogP contribution in [0.2, 0.25) is 0 Å². The molecule has 1 aliphatic carbocycles. The fraction of sp³-hybridized carbons (Fsp3) is 0.650. The van der Waals surface area contributed by atoms with Gasteiger partial charge in [-0.2, -0.15) is 13.2 Å². The second-order valence-corrected chi connectivity index (χ2v) is 7.52. The zero-order valence-electron chi connectivity index (χ0n) is 15.7. The molecule has 0 heterocycles. The average molecular weight is 372 g/mol. The molecule has 0 spiro atoms. The summed E-state index contributed by atoms with van der Waals surface area (Å²) in [4.78, 5) is 12.8. The summed E-state index contributed by atoms with van der Waals surface area (Å²) in [5.74, 6) is -0.806. The minimum Gasteiger partial charge on any atom is -0.459 e. The quantitative estimate of drug-likeness (QED) is 0.675. The van der Waals surface area contributed by atoms with Crippen LogP contribution in [0.4, 0.5) is 13.2 Å². The van der Waals surface area contributed by atoms with Crippen molar-refractivity contribution in [3.63, 3.8) is 0 Å². The monoisotopic (exact) mass is 372 g/mol. The average Bonchev–Trinajstić information content (AvgIpc) is 2.55. The molecule has 6 heteroatoms. The van der Waals surface area contributed by atoms with Crippen molar-refractivity contribution >= 4 is 5.97 Å². The Bertz CT molecular complexity index is 600. The van der Waals surface area contributed by atoms with E-state index in [-0.39, 0.29) is 17.4 Å². The number of hydrogen-bond acceptors (Lipinski definition) is 3. The molecular formula is C20H27F3O3. The topological polar surface area (TPSA) is 35.5 Å². The Balaban J connectivity index is 2.38. The van der Waals surface area contributed by atoms with Crippen LogP contribution < -0.4 is 0 Å². The molecule has 0 unspecified atom stereocenters. The van der Waals surface area contributed by atoms with Crippen molar-refractivity contribution in [2.75, 3.05) is 7.11 Å². The maximum absolute atomic E-state index is 14.0. The second-order valence-electron chi connectivity index (χ2n) is 7.52. The second kappa shape index (κ2) is 7.99. The predicted molar refractivity (Wildman–Crippen MR) is 92.4 cm³/mol. The molecule has 4 atom stereocenters. The van der Waals surface area contributed by atoms with Gasteiger partial charge >= 0.3 is 12.1 Å². The van der Waals surface area contributed by atoms with Gasteiger partial charge in [-0.05, 0) is 30.6 Å². The van der Waals surface area contributed by atoms with Crippen molar-refractivity contribution in [2.45, 2.75) is 57.9 Å². The third-order valence-electron chi connectivity index (χ3n) is 5.39. The van der Waals surface area contributed by atoms with Crippen molar-refractivity contribution in [2.24, 2.45) is 17.8 Å². The van der Waals surface area contributed by atoms with Gasteiger partial charge in [-0.1, -0.05) is 57.5 Å². The molecule has 0 amide bonds. The van der Waals surface area contributed by atoms with E-state index >= 15 is 0 Å². The van der Waals surface area contributed by atoms with Crippen LogP contribution in [0.15, 0.2) is 30.3 Å². The number of carbonyl (C=O) groups is 1. The number of methoxy groups -OCH3 is 1. The van der Waals surface area contributed by atoms with E-state index in [9.17, 15) is 18.0 Å². The van der Waals surface area contributed by atoms with Gasteiger partial charge in [-0.25, -0.2) is 4.79 Å². The third kappa shape index (κ3) is 3.90. The van der Waals surface area contributed by atoms with Gasteiger partial charge in [0.15, 0.2) is 0 Å². The van der Waals surface area contributed by atoms with Gasteiger partial charge in [0, 0.05) is 12.7 Å². The number of halogens is 3. The summed E-state index contributed by atoms with van der Waals surface area (Å²) in [5, 5.41) is 0. The molecule has 2 rings (SSSR count). The van der Waals surface area contributed by atoms with E-state index in [0.717, 1.165) is 20.0 Å². The number of alkyl halides is 3. The summed E-state index contributed by atoms with van der Waals surface area (Å²) in [6.45, 7) is 6.04. The van der Waals surface area contributed by atoms with E-state index < -0.39 is 23.9 Å². The lowest BCUT2D eigenvalue weighted by Crippen LogP contribution is -2.53. The first kappa shape index (κ1) is 20.7. The molecule has 0 bridgehead atoms. The van der Waals surface area contributed by atoms with E-state index in [4.69, 9.17) is 9.47 Å². The summed E-state index contributed by atoms with van der Waals surface area (Å²) in [5.41, 5.74) is -3.39. The van der Waals surface area contributed by atoms with Crippen molar-refractivity contribution < 1.29 is 27.4 Å². The predicted octanol–water partition coefficient (Wildman–Crippen LogP) is 5.09. The molecule has 3 nitrogen and oxygen atoms in total. The molecule has 26 heavy (non-hydrogen) atoms. The van der Waals surface area contributed by atoms with Crippen LogP contribution >= 0.6 is 0 Å². The van der Waals surface area contributed by atoms with Crippen LogP contribution in [0.5, 0.6) is 0 Å². The van der Waals surface area contributed by atoms with Gasteiger partial charge in [0.2, 0.25) is 0 Å². The molecule has 0 radical (unpaired) electrons. The number of carbonyl (C=O) groups excluding carboxylic acids is 1. The Labute approximate surface area is 152 Å². The van der Waals surface area contributed by atoms with Crippen molar-refractivity contribution in [1.82, 2.24) is 0 Å². The molecule has 1 fully saturated rings. The highest BCUT2D eigenvalue weighted by Gasteiger charge is 2.64. The lowest BCUT2D eigenvalue weighted by molar-refractivity contribution is -0.279. The van der Waals surface area contributed by atoms with Gasteiger partial charge in [0.05, 0.1) is 0 Å². The number of ether oxygens (including phenoxy) is 2. The zero-order valence-corrected chi connectivity index (χ0v) is 15.7. The van der Waals surface area contributed by atoms with Crippen LogP contribution in [0.3, 0.4) is 0 Å². The number of rotatable bonds is 5. The smallest absolute Gasteiger partial charge is 0.432 e. The van der Waals surface area contributed by atoms with Crippen molar-refractivity contribution in [3.05, 3.63) is 35.9 Å². The first-order chi connectivity index (χ1) is 12.1. The lowest BCUT2D eigenvalue weighted by Gasteiger charge is -2.39. The molecule has 0 aromatic heterocycles. The molecule has 146 valence electrons. The Morgan fingerprint density at radius 3 is 2.27 bits per heavy atom. The van der Waals surface area contributed by atoms with Crippen molar-refractivity contribution in [1.29, 1.82) is 0 Å². The van der Waals surface area contributed by atoms with Crippen LogP contribution in [0, 0.1) is 17.8 Å². The third-order valence-corrected chi connectivity index (χ3v) is 5.39. The van der Waals surface area contributed by atoms with Crippen LogP contribution in [-0.4, -0.2) is 25.4 Å². The normalized spacial score (nSPS) is 26.4. The Hall–Kier alpha value is -1.56. The molecule has 1 aromatic rings. The van der Waals surface area contributed by atoms with E-state index in [2.05, 4.69) is 0 Å². The molecule has 1 saturated carbocycles.